The molecule has 1 saturated carbocycles. The zero-order valence-electron chi connectivity index (χ0n) is 12.2. The van der Waals surface area contributed by atoms with E-state index in [2.05, 4.69) is 20.2 Å². The van der Waals surface area contributed by atoms with Crippen LogP contribution in [0.4, 0.5) is 0 Å². The van der Waals surface area contributed by atoms with E-state index in [4.69, 9.17) is 4.42 Å². The predicted octanol–water partition coefficient (Wildman–Crippen LogP) is 2.99. The van der Waals surface area contributed by atoms with Crippen LogP contribution in [0.2, 0.25) is 0 Å². The molecule has 0 radical (unpaired) electrons. The molecule has 0 unspecified atom stereocenters. The summed E-state index contributed by atoms with van der Waals surface area (Å²) in [5, 5.41) is 9.12. The van der Waals surface area contributed by atoms with Crippen LogP contribution in [0.25, 0.3) is 11.5 Å². The summed E-state index contributed by atoms with van der Waals surface area (Å²) in [5.41, 5.74) is 1.39. The molecule has 0 saturated heterocycles. The summed E-state index contributed by atoms with van der Waals surface area (Å²) < 4.78 is 5.29. The van der Waals surface area contributed by atoms with Crippen LogP contribution in [0.5, 0.6) is 0 Å². The maximum absolute atomic E-state index is 11.7. The molecule has 4 rings (SSSR count). The van der Waals surface area contributed by atoms with E-state index in [9.17, 15) is 4.79 Å². The minimum atomic E-state index is -0.0863. The molecule has 23 heavy (non-hydrogen) atoms. The number of thioether (sulfide) groups is 1. The molecule has 1 fully saturated rings. The third-order valence-corrected chi connectivity index (χ3v) is 4.51. The smallest absolute Gasteiger partial charge is 0.251 e. The van der Waals surface area contributed by atoms with Crippen molar-refractivity contribution in [3.05, 3.63) is 58.5 Å². The van der Waals surface area contributed by atoms with Crippen LogP contribution in [0.1, 0.15) is 30.3 Å². The van der Waals surface area contributed by atoms with E-state index in [0.717, 1.165) is 29.4 Å². The van der Waals surface area contributed by atoms with Gasteiger partial charge < -0.3 is 9.40 Å². The fourth-order valence-corrected chi connectivity index (χ4v) is 2.96. The normalized spacial score (nSPS) is 14.1. The first-order valence-electron chi connectivity index (χ1n) is 7.38. The van der Waals surface area contributed by atoms with Crippen molar-refractivity contribution in [2.45, 2.75) is 29.5 Å². The fourth-order valence-electron chi connectivity index (χ4n) is 2.25. The van der Waals surface area contributed by atoms with Crippen LogP contribution < -0.4 is 5.56 Å². The molecule has 1 N–H and O–H groups in total. The van der Waals surface area contributed by atoms with Crippen LogP contribution >= 0.6 is 11.8 Å². The molecule has 3 aromatic rings. The summed E-state index contributed by atoms with van der Waals surface area (Å²) in [6, 6.07) is 8.97. The van der Waals surface area contributed by atoms with Crippen molar-refractivity contribution in [3.8, 4) is 11.5 Å². The lowest BCUT2D eigenvalue weighted by Crippen LogP contribution is -2.11. The van der Waals surface area contributed by atoms with E-state index in [-0.39, 0.29) is 5.56 Å². The van der Waals surface area contributed by atoms with Crippen molar-refractivity contribution >= 4 is 11.8 Å². The van der Waals surface area contributed by atoms with Gasteiger partial charge in [-0.25, -0.2) is 4.98 Å². The Balaban J connectivity index is 1.45. The quantitative estimate of drug-likeness (QED) is 0.726. The second-order valence-electron chi connectivity index (χ2n) is 5.42. The minimum absolute atomic E-state index is 0.0863. The first-order chi connectivity index (χ1) is 11.3. The second-order valence-corrected chi connectivity index (χ2v) is 6.41. The molecule has 116 valence electrons. The summed E-state index contributed by atoms with van der Waals surface area (Å²) in [5.74, 6) is 2.53. The van der Waals surface area contributed by atoms with Gasteiger partial charge in [0.2, 0.25) is 0 Å². The number of aromatic nitrogens is 4. The summed E-state index contributed by atoms with van der Waals surface area (Å²) in [6.45, 7) is 0. The van der Waals surface area contributed by atoms with Crippen LogP contribution in [-0.2, 0) is 5.75 Å². The van der Waals surface area contributed by atoms with Gasteiger partial charge in [-0.3, -0.25) is 4.79 Å². The molecule has 3 heterocycles. The van der Waals surface area contributed by atoms with E-state index >= 15 is 0 Å². The molecule has 0 aliphatic heterocycles. The van der Waals surface area contributed by atoms with Crippen molar-refractivity contribution in [3.63, 3.8) is 0 Å². The van der Waals surface area contributed by atoms with Crippen molar-refractivity contribution in [2.75, 3.05) is 0 Å². The third-order valence-electron chi connectivity index (χ3n) is 3.56. The highest BCUT2D eigenvalue weighted by atomic mass is 32.2. The Morgan fingerprint density at radius 3 is 2.87 bits per heavy atom. The topological polar surface area (TPSA) is 84.7 Å². The van der Waals surface area contributed by atoms with Crippen molar-refractivity contribution in [1.29, 1.82) is 0 Å². The zero-order chi connectivity index (χ0) is 15.6. The third kappa shape index (κ3) is 3.34. The van der Waals surface area contributed by atoms with Crippen LogP contribution in [-0.4, -0.2) is 20.2 Å². The molecular formula is C16H14N4O2S. The van der Waals surface area contributed by atoms with Gasteiger partial charge in [0.25, 0.3) is 5.56 Å². The number of nitrogens with zero attached hydrogens (tertiary/aromatic N) is 3. The average Bonchev–Trinajstić information content (AvgIpc) is 3.28. The number of furan rings is 1. The number of hydrogen-bond acceptors (Lipinski definition) is 6. The van der Waals surface area contributed by atoms with Crippen LogP contribution in [0.3, 0.4) is 0 Å². The fraction of sp³-hybridized carbons (Fsp3) is 0.250. The minimum Gasteiger partial charge on any atom is -0.463 e. The van der Waals surface area contributed by atoms with Gasteiger partial charge in [0.1, 0.15) is 16.5 Å². The molecule has 6 nitrogen and oxygen atoms in total. The Hall–Kier alpha value is -2.41. The average molecular weight is 326 g/mol. The Kier molecular flexibility index (Phi) is 3.70. The number of aromatic amines is 1. The summed E-state index contributed by atoms with van der Waals surface area (Å²) in [7, 11) is 0. The SMILES string of the molecule is O=c1cc(CSc2ccc(-c3ccco3)nn2)nc(C2CC2)[nH]1. The van der Waals surface area contributed by atoms with E-state index in [1.165, 1.54) is 11.8 Å². The van der Waals surface area contributed by atoms with Gasteiger partial charge in [0.05, 0.1) is 12.0 Å². The second kappa shape index (κ2) is 6.00. The van der Waals surface area contributed by atoms with E-state index in [0.29, 0.717) is 23.1 Å². The monoisotopic (exact) mass is 326 g/mol. The highest BCUT2D eigenvalue weighted by Crippen LogP contribution is 2.37. The van der Waals surface area contributed by atoms with Crippen LogP contribution in [0.15, 0.2) is 50.8 Å². The lowest BCUT2D eigenvalue weighted by Gasteiger charge is -2.03. The summed E-state index contributed by atoms with van der Waals surface area (Å²) in [6.07, 6.45) is 3.83. The molecule has 3 aromatic heterocycles. The molecule has 0 spiro atoms. The van der Waals surface area contributed by atoms with Crippen molar-refractivity contribution in [1.82, 2.24) is 20.2 Å². The standard InChI is InChI=1S/C16H14N4O2S/c21-14-8-11(17-16(18-14)10-3-4-10)9-23-15-6-5-12(19-20-15)13-2-1-7-22-13/h1-2,5-8,10H,3-4,9H2,(H,17,18,21). The summed E-state index contributed by atoms with van der Waals surface area (Å²) >= 11 is 1.51. The molecule has 0 aromatic carbocycles. The van der Waals surface area contributed by atoms with Gasteiger partial charge in [0.15, 0.2) is 5.76 Å². The van der Waals surface area contributed by atoms with E-state index in [1.807, 2.05) is 24.3 Å². The molecule has 7 heteroatoms. The van der Waals surface area contributed by atoms with Gasteiger partial charge in [-0.15, -0.1) is 10.2 Å². The molecule has 0 bridgehead atoms. The highest BCUT2D eigenvalue weighted by molar-refractivity contribution is 7.98. The number of hydrogen-bond donors (Lipinski definition) is 1. The number of H-pyrrole nitrogens is 1. The highest BCUT2D eigenvalue weighted by Gasteiger charge is 2.26. The van der Waals surface area contributed by atoms with Gasteiger partial charge >= 0.3 is 0 Å². The van der Waals surface area contributed by atoms with Gasteiger partial charge in [-0.05, 0) is 37.1 Å². The lowest BCUT2D eigenvalue weighted by atomic mass is 10.3. The largest absolute Gasteiger partial charge is 0.463 e. The first kappa shape index (κ1) is 14.2. The Bertz CT molecular complexity index is 855. The molecule has 1 aliphatic carbocycles. The van der Waals surface area contributed by atoms with Crippen molar-refractivity contribution < 1.29 is 4.42 Å². The van der Waals surface area contributed by atoms with E-state index in [1.54, 1.807) is 12.3 Å². The van der Waals surface area contributed by atoms with Crippen molar-refractivity contribution in [2.24, 2.45) is 0 Å². The Morgan fingerprint density at radius 2 is 2.17 bits per heavy atom. The van der Waals surface area contributed by atoms with E-state index < -0.39 is 0 Å². The number of rotatable bonds is 5. The van der Waals surface area contributed by atoms with Gasteiger partial charge in [0, 0.05) is 17.7 Å². The Labute approximate surface area is 136 Å². The lowest BCUT2D eigenvalue weighted by molar-refractivity contribution is 0.578. The maximum Gasteiger partial charge on any atom is 0.251 e. The molecule has 0 atom stereocenters. The predicted molar refractivity (Wildman–Crippen MR) is 86.1 cm³/mol. The molecule has 1 aliphatic rings. The molecular weight excluding hydrogens is 312 g/mol. The first-order valence-corrected chi connectivity index (χ1v) is 8.37. The number of nitrogens with one attached hydrogen (secondary N) is 1. The van der Waals surface area contributed by atoms with Gasteiger partial charge in [-0.1, -0.05) is 11.8 Å². The van der Waals surface area contributed by atoms with Gasteiger partial charge in [-0.2, -0.15) is 0 Å². The van der Waals surface area contributed by atoms with Crippen LogP contribution in [0, 0.1) is 0 Å². The zero-order valence-corrected chi connectivity index (χ0v) is 13.0. The summed E-state index contributed by atoms with van der Waals surface area (Å²) in [4.78, 5) is 19.0. The Morgan fingerprint density at radius 1 is 1.26 bits per heavy atom. The maximum atomic E-state index is 11.7. The molecule has 0 amide bonds.